The van der Waals surface area contributed by atoms with Gasteiger partial charge in [-0.3, -0.25) is 9.13 Å². The second-order valence-electron chi connectivity index (χ2n) is 9.73. The Hall–Kier alpha value is -2.67. The van der Waals surface area contributed by atoms with Gasteiger partial charge in [0.1, 0.15) is 17.3 Å². The molecular weight excluding hydrogens is 390 g/mol. The molecular formula is C24H29N5O2. The van der Waals surface area contributed by atoms with Gasteiger partial charge in [-0.15, -0.1) is 0 Å². The molecule has 7 nitrogen and oxygen atoms in total. The zero-order valence-corrected chi connectivity index (χ0v) is 18.0. The van der Waals surface area contributed by atoms with E-state index in [0.717, 1.165) is 67.8 Å². The summed E-state index contributed by atoms with van der Waals surface area (Å²) in [6.07, 6.45) is 6.10. The Morgan fingerprint density at radius 3 is 2.48 bits per heavy atom. The fourth-order valence-corrected chi connectivity index (χ4v) is 5.89. The summed E-state index contributed by atoms with van der Waals surface area (Å²) >= 11 is 0. The highest BCUT2D eigenvalue weighted by molar-refractivity contribution is 5.70. The molecule has 1 aromatic carbocycles. The highest BCUT2D eigenvalue weighted by atomic mass is 16.3. The molecule has 0 unspecified atom stereocenters. The zero-order valence-electron chi connectivity index (χ0n) is 18.0. The molecule has 162 valence electrons. The van der Waals surface area contributed by atoms with Gasteiger partial charge in [0.05, 0.1) is 18.2 Å². The molecule has 1 aromatic rings. The molecule has 1 atom stereocenters. The minimum atomic E-state index is -0.486. The van der Waals surface area contributed by atoms with Gasteiger partial charge < -0.3 is 10.4 Å². The standard InChI is InChI=1S/C24H29N5O2/c1-2-14-28-20-18(26-21(27-20)23-8-11-24(31,12-9-23)13-10-23)19-25-17(15-29(19)22(28)30)16-6-4-3-5-7-16/h3-7,17,25,31H,2,8-15H2,1H3/t17-,23?,24?/m0/s1. The number of hydrogen-bond acceptors (Lipinski definition) is 5. The number of aromatic nitrogens is 4. The summed E-state index contributed by atoms with van der Waals surface area (Å²) in [4.78, 5) is 23.5. The molecule has 3 saturated carbocycles. The third kappa shape index (κ3) is 2.79. The smallest absolute Gasteiger partial charge is 0.331 e. The van der Waals surface area contributed by atoms with Gasteiger partial charge in [-0.05, 0) is 50.5 Å². The lowest BCUT2D eigenvalue weighted by Crippen LogP contribution is -2.48. The number of aliphatic hydroxyl groups is 1. The van der Waals surface area contributed by atoms with Crippen LogP contribution in [-0.2, 0) is 18.5 Å². The van der Waals surface area contributed by atoms with E-state index < -0.39 is 5.60 Å². The molecule has 3 heterocycles. The van der Waals surface area contributed by atoms with Crippen LogP contribution in [-0.4, -0.2) is 29.8 Å². The molecule has 0 amide bonds. The van der Waals surface area contributed by atoms with Crippen molar-refractivity contribution >= 4 is 5.82 Å². The lowest BCUT2D eigenvalue weighted by Gasteiger charge is -2.49. The van der Waals surface area contributed by atoms with E-state index in [1.165, 1.54) is 0 Å². The molecule has 0 aromatic heterocycles. The number of benzene rings is 1. The first-order chi connectivity index (χ1) is 15.0. The largest absolute Gasteiger partial charge is 0.390 e. The lowest BCUT2D eigenvalue weighted by atomic mass is 9.58. The number of anilines is 1. The molecule has 6 aliphatic rings. The highest BCUT2D eigenvalue weighted by Gasteiger charge is 2.51. The summed E-state index contributed by atoms with van der Waals surface area (Å²) in [6.45, 7) is 3.31. The van der Waals surface area contributed by atoms with Crippen molar-refractivity contribution in [3.8, 4) is 11.5 Å². The summed E-state index contributed by atoms with van der Waals surface area (Å²) in [6, 6.07) is 10.3. The van der Waals surface area contributed by atoms with Crippen molar-refractivity contribution < 1.29 is 5.11 Å². The minimum Gasteiger partial charge on any atom is -0.390 e. The minimum absolute atomic E-state index is 0.0131. The molecule has 0 saturated heterocycles. The third-order valence-corrected chi connectivity index (χ3v) is 7.86. The Balaban J connectivity index is 1.48. The van der Waals surface area contributed by atoms with E-state index in [-0.39, 0.29) is 17.1 Å². The van der Waals surface area contributed by atoms with E-state index >= 15 is 0 Å². The molecule has 3 fully saturated rings. The number of imidazole rings is 1. The van der Waals surface area contributed by atoms with Crippen molar-refractivity contribution in [2.24, 2.45) is 0 Å². The topological polar surface area (TPSA) is 85.0 Å². The summed E-state index contributed by atoms with van der Waals surface area (Å²) in [7, 11) is 0. The predicted molar refractivity (Wildman–Crippen MR) is 118 cm³/mol. The second kappa shape index (κ2) is 6.66. The Morgan fingerprint density at radius 2 is 1.81 bits per heavy atom. The number of hydrogen-bond donors (Lipinski definition) is 2. The third-order valence-electron chi connectivity index (χ3n) is 7.86. The molecule has 7 heteroatoms. The molecule has 2 N–H and O–H groups in total. The lowest BCUT2D eigenvalue weighted by molar-refractivity contribution is -0.0677. The van der Waals surface area contributed by atoms with Gasteiger partial charge in [-0.2, -0.15) is 0 Å². The maximum atomic E-state index is 13.4. The van der Waals surface area contributed by atoms with E-state index in [9.17, 15) is 9.90 Å². The van der Waals surface area contributed by atoms with Gasteiger partial charge in [-0.25, -0.2) is 14.8 Å². The quantitative estimate of drug-likeness (QED) is 0.677. The molecule has 2 bridgehead atoms. The van der Waals surface area contributed by atoms with Crippen LogP contribution in [0.2, 0.25) is 0 Å². The van der Waals surface area contributed by atoms with Gasteiger partial charge in [0.15, 0.2) is 5.82 Å². The van der Waals surface area contributed by atoms with Crippen LogP contribution >= 0.6 is 0 Å². The Kier molecular flexibility index (Phi) is 4.09. The first kappa shape index (κ1) is 19.0. The van der Waals surface area contributed by atoms with Crippen LogP contribution in [0.15, 0.2) is 35.1 Å². The average molecular weight is 420 g/mol. The van der Waals surface area contributed by atoms with Gasteiger partial charge in [0.2, 0.25) is 0 Å². The highest BCUT2D eigenvalue weighted by Crippen LogP contribution is 2.53. The van der Waals surface area contributed by atoms with Crippen LogP contribution in [0.3, 0.4) is 0 Å². The summed E-state index contributed by atoms with van der Waals surface area (Å²) in [5.74, 6) is 2.36. The fourth-order valence-electron chi connectivity index (χ4n) is 5.89. The molecule has 3 aliphatic heterocycles. The Bertz CT molecular complexity index is 1140. The van der Waals surface area contributed by atoms with Gasteiger partial charge >= 0.3 is 5.69 Å². The maximum absolute atomic E-state index is 13.4. The predicted octanol–water partition coefficient (Wildman–Crippen LogP) is 3.46. The second-order valence-corrected chi connectivity index (χ2v) is 9.73. The van der Waals surface area contributed by atoms with Crippen molar-refractivity contribution in [2.75, 3.05) is 5.32 Å². The SMILES string of the molecule is CCCn1c2nc(C34CCC(O)(CC3)CC4)nc-2c2n(c1=O)C[C@@H](c1ccccc1)N2. The fraction of sp³-hybridized carbons (Fsp3) is 0.542. The van der Waals surface area contributed by atoms with Gasteiger partial charge in [0, 0.05) is 12.0 Å². The van der Waals surface area contributed by atoms with Crippen molar-refractivity contribution in [2.45, 2.75) is 82.0 Å². The summed E-state index contributed by atoms with van der Waals surface area (Å²) in [5, 5.41) is 14.2. The number of nitrogens with one attached hydrogen (secondary N) is 1. The van der Waals surface area contributed by atoms with E-state index in [1.807, 2.05) is 27.3 Å². The molecule has 0 radical (unpaired) electrons. The summed E-state index contributed by atoms with van der Waals surface area (Å²) in [5.41, 5.74) is 1.41. The van der Waals surface area contributed by atoms with Crippen LogP contribution in [0.5, 0.6) is 0 Å². The van der Waals surface area contributed by atoms with Gasteiger partial charge in [0.25, 0.3) is 0 Å². The maximum Gasteiger partial charge on any atom is 0.331 e. The van der Waals surface area contributed by atoms with Crippen molar-refractivity contribution in [3.05, 3.63) is 52.2 Å². The van der Waals surface area contributed by atoms with Crippen LogP contribution < -0.4 is 11.0 Å². The van der Waals surface area contributed by atoms with Crippen LogP contribution in [0, 0.1) is 0 Å². The molecule has 31 heavy (non-hydrogen) atoms. The van der Waals surface area contributed by atoms with E-state index in [0.29, 0.717) is 18.9 Å². The van der Waals surface area contributed by atoms with E-state index in [1.54, 1.807) is 0 Å². The normalized spacial score (nSPS) is 29.3. The summed E-state index contributed by atoms with van der Waals surface area (Å²) < 4.78 is 3.65. The Morgan fingerprint density at radius 1 is 1.10 bits per heavy atom. The van der Waals surface area contributed by atoms with Gasteiger partial charge in [-0.1, -0.05) is 37.3 Å². The number of nitrogens with zero attached hydrogens (tertiary/aromatic N) is 4. The van der Waals surface area contributed by atoms with Crippen molar-refractivity contribution in [3.63, 3.8) is 0 Å². The number of rotatable bonds is 4. The first-order valence-electron chi connectivity index (χ1n) is 11.6. The van der Waals surface area contributed by atoms with E-state index in [2.05, 4.69) is 24.4 Å². The molecule has 7 rings (SSSR count). The Labute approximate surface area is 181 Å². The first-order valence-corrected chi connectivity index (χ1v) is 11.6. The average Bonchev–Trinajstić information content (AvgIpc) is 3.44. The monoisotopic (exact) mass is 419 g/mol. The van der Waals surface area contributed by atoms with Crippen LogP contribution in [0.1, 0.15) is 69.3 Å². The van der Waals surface area contributed by atoms with Crippen molar-refractivity contribution in [1.29, 1.82) is 0 Å². The van der Waals surface area contributed by atoms with E-state index in [4.69, 9.17) is 9.97 Å². The van der Waals surface area contributed by atoms with Crippen molar-refractivity contribution in [1.82, 2.24) is 19.1 Å². The molecule has 0 spiro atoms. The van der Waals surface area contributed by atoms with Crippen LogP contribution in [0.4, 0.5) is 5.82 Å². The van der Waals surface area contributed by atoms with Crippen LogP contribution in [0.25, 0.3) is 11.5 Å². The number of fused-ring (bicyclic) bond motifs is 6. The molecule has 3 aliphatic carbocycles. The zero-order chi connectivity index (χ0) is 21.2.